The molecule has 0 bridgehead atoms. The second kappa shape index (κ2) is 6.20. The van der Waals surface area contributed by atoms with Gasteiger partial charge in [-0.2, -0.15) is 4.39 Å². The number of halogens is 1. The van der Waals surface area contributed by atoms with Crippen molar-refractivity contribution in [1.82, 2.24) is 4.98 Å². The molecular formula is C21H20FNO2. The lowest BCUT2D eigenvalue weighted by atomic mass is 9.86. The number of nitrogens with one attached hydrogen (secondary N) is 1. The number of rotatable bonds is 3. The number of hydrogen-bond donors (Lipinski definition) is 2. The first-order valence-electron chi connectivity index (χ1n) is 8.08. The van der Waals surface area contributed by atoms with Gasteiger partial charge in [0.2, 0.25) is 5.83 Å². The largest absolute Gasteiger partial charge is 0.476 e. The predicted molar refractivity (Wildman–Crippen MR) is 99.2 cm³/mol. The Morgan fingerprint density at radius 3 is 2.56 bits per heavy atom. The van der Waals surface area contributed by atoms with Crippen LogP contribution in [-0.4, -0.2) is 16.1 Å². The number of benzene rings is 2. The number of hydrogen-bond acceptors (Lipinski definition) is 1. The first-order chi connectivity index (χ1) is 11.7. The van der Waals surface area contributed by atoms with Crippen molar-refractivity contribution in [2.75, 3.05) is 0 Å². The summed E-state index contributed by atoms with van der Waals surface area (Å²) in [6.45, 7) is 6.52. The minimum atomic E-state index is -1.56. The highest BCUT2D eigenvalue weighted by molar-refractivity contribution is 5.92. The van der Waals surface area contributed by atoms with Crippen LogP contribution in [0.2, 0.25) is 0 Å². The Kier molecular flexibility index (Phi) is 4.21. The molecular weight excluding hydrogens is 317 g/mol. The molecule has 3 nitrogen and oxygen atoms in total. The molecule has 0 aliphatic rings. The zero-order valence-electron chi connectivity index (χ0n) is 14.4. The van der Waals surface area contributed by atoms with E-state index in [0.29, 0.717) is 5.56 Å². The quantitative estimate of drug-likeness (QED) is 0.618. The van der Waals surface area contributed by atoms with Crippen LogP contribution in [0.3, 0.4) is 0 Å². The van der Waals surface area contributed by atoms with Gasteiger partial charge in [0.15, 0.2) is 0 Å². The fourth-order valence-corrected chi connectivity index (χ4v) is 2.76. The lowest BCUT2D eigenvalue weighted by Gasteiger charge is -2.19. The van der Waals surface area contributed by atoms with Gasteiger partial charge in [-0.05, 0) is 52.4 Å². The van der Waals surface area contributed by atoms with Crippen LogP contribution in [0.1, 0.15) is 31.9 Å². The summed E-state index contributed by atoms with van der Waals surface area (Å²) < 4.78 is 13.3. The third-order valence-electron chi connectivity index (χ3n) is 4.18. The summed E-state index contributed by atoms with van der Waals surface area (Å²) in [6.07, 6.45) is 1.02. The maximum Gasteiger partial charge on any atom is 0.364 e. The smallest absolute Gasteiger partial charge is 0.364 e. The molecule has 0 radical (unpaired) electrons. The summed E-state index contributed by atoms with van der Waals surface area (Å²) >= 11 is 0. The van der Waals surface area contributed by atoms with Gasteiger partial charge in [0.25, 0.3) is 0 Å². The minimum Gasteiger partial charge on any atom is -0.476 e. The Morgan fingerprint density at radius 2 is 1.88 bits per heavy atom. The number of carbonyl (C=O) groups is 1. The van der Waals surface area contributed by atoms with Gasteiger partial charge in [0.05, 0.1) is 0 Å². The molecule has 0 amide bonds. The lowest BCUT2D eigenvalue weighted by molar-refractivity contribution is -0.134. The van der Waals surface area contributed by atoms with Crippen molar-refractivity contribution < 1.29 is 14.3 Å². The van der Waals surface area contributed by atoms with Gasteiger partial charge >= 0.3 is 5.97 Å². The molecule has 3 rings (SSSR count). The van der Waals surface area contributed by atoms with Gasteiger partial charge in [0.1, 0.15) is 0 Å². The number of aromatic nitrogens is 1. The monoisotopic (exact) mass is 337 g/mol. The van der Waals surface area contributed by atoms with E-state index in [1.807, 2.05) is 24.3 Å². The van der Waals surface area contributed by atoms with E-state index in [1.54, 1.807) is 12.1 Å². The first-order valence-corrected chi connectivity index (χ1v) is 8.08. The van der Waals surface area contributed by atoms with Crippen LogP contribution in [0, 0.1) is 0 Å². The number of fused-ring (bicyclic) bond motifs is 1. The van der Waals surface area contributed by atoms with Crippen molar-refractivity contribution in [3.63, 3.8) is 0 Å². The van der Waals surface area contributed by atoms with Crippen LogP contribution >= 0.6 is 0 Å². The Hall–Kier alpha value is -2.88. The second-order valence-electron chi connectivity index (χ2n) is 7.16. The van der Waals surface area contributed by atoms with Crippen LogP contribution < -0.4 is 0 Å². The molecule has 0 saturated carbocycles. The molecule has 2 aromatic carbocycles. The van der Waals surface area contributed by atoms with Gasteiger partial charge < -0.3 is 10.1 Å². The maximum atomic E-state index is 13.3. The number of H-pyrrole nitrogens is 1. The van der Waals surface area contributed by atoms with Crippen LogP contribution in [-0.2, 0) is 10.2 Å². The third-order valence-corrected chi connectivity index (χ3v) is 4.18. The van der Waals surface area contributed by atoms with Crippen molar-refractivity contribution in [2.24, 2.45) is 0 Å². The molecule has 0 atom stereocenters. The van der Waals surface area contributed by atoms with Crippen molar-refractivity contribution in [2.45, 2.75) is 26.2 Å². The third kappa shape index (κ3) is 3.63. The fourth-order valence-electron chi connectivity index (χ4n) is 2.76. The minimum absolute atomic E-state index is 0.0638. The summed E-state index contributed by atoms with van der Waals surface area (Å²) in [5.41, 5.74) is 4.80. The molecule has 0 fully saturated rings. The van der Waals surface area contributed by atoms with E-state index in [1.165, 1.54) is 5.56 Å². The van der Waals surface area contributed by atoms with E-state index >= 15 is 0 Å². The molecule has 0 unspecified atom stereocenters. The van der Waals surface area contributed by atoms with Gasteiger partial charge in [-0.15, -0.1) is 0 Å². The van der Waals surface area contributed by atoms with E-state index in [2.05, 4.69) is 37.9 Å². The number of carboxylic acids is 1. The van der Waals surface area contributed by atoms with E-state index in [4.69, 9.17) is 5.11 Å². The van der Waals surface area contributed by atoms with Gasteiger partial charge in [-0.3, -0.25) is 0 Å². The zero-order chi connectivity index (χ0) is 18.2. The van der Waals surface area contributed by atoms with Crippen LogP contribution in [0.5, 0.6) is 0 Å². The summed E-state index contributed by atoms with van der Waals surface area (Å²) in [4.78, 5) is 14.0. The Balaban J connectivity index is 2.02. The number of carboxylic acid groups (broad SMARTS) is 1. The van der Waals surface area contributed by atoms with E-state index in [-0.39, 0.29) is 5.41 Å². The highest BCUT2D eigenvalue weighted by Crippen LogP contribution is 2.29. The normalized spacial score (nSPS) is 12.6. The number of aromatic amines is 1. The molecule has 4 heteroatoms. The molecule has 3 aromatic rings. The van der Waals surface area contributed by atoms with Crippen LogP contribution in [0.25, 0.3) is 28.2 Å². The lowest BCUT2D eigenvalue weighted by Crippen LogP contribution is -2.10. The van der Waals surface area contributed by atoms with Gasteiger partial charge in [0, 0.05) is 16.6 Å². The summed E-state index contributed by atoms with van der Waals surface area (Å²) in [5.74, 6) is -2.73. The van der Waals surface area contributed by atoms with E-state index < -0.39 is 11.8 Å². The molecule has 25 heavy (non-hydrogen) atoms. The Bertz CT molecular complexity index is 977. The average molecular weight is 337 g/mol. The molecule has 1 heterocycles. The van der Waals surface area contributed by atoms with Crippen molar-refractivity contribution >= 4 is 22.9 Å². The van der Waals surface area contributed by atoms with E-state index in [0.717, 1.165) is 28.2 Å². The summed E-state index contributed by atoms with van der Waals surface area (Å²) in [6, 6.07) is 15.6. The van der Waals surface area contributed by atoms with Crippen LogP contribution in [0.4, 0.5) is 4.39 Å². The van der Waals surface area contributed by atoms with Crippen molar-refractivity contribution in [1.29, 1.82) is 0 Å². The Morgan fingerprint density at radius 1 is 1.12 bits per heavy atom. The van der Waals surface area contributed by atoms with Crippen molar-refractivity contribution in [3.8, 4) is 11.3 Å². The molecule has 1 aromatic heterocycles. The van der Waals surface area contributed by atoms with Gasteiger partial charge in [-0.1, -0.05) is 45.0 Å². The molecule has 2 N–H and O–H groups in total. The SMILES string of the molecule is CC(C)(C)c1cccc(-c2cc3cc(/C=C(\F)C(=O)O)ccc3[nH]2)c1. The van der Waals surface area contributed by atoms with Crippen LogP contribution in [0.15, 0.2) is 54.4 Å². The highest BCUT2D eigenvalue weighted by atomic mass is 19.1. The molecule has 128 valence electrons. The van der Waals surface area contributed by atoms with E-state index in [9.17, 15) is 9.18 Å². The molecule has 0 saturated heterocycles. The first kappa shape index (κ1) is 17.0. The average Bonchev–Trinajstić information content (AvgIpc) is 2.97. The maximum absolute atomic E-state index is 13.3. The summed E-state index contributed by atoms with van der Waals surface area (Å²) in [5, 5.41) is 9.56. The van der Waals surface area contributed by atoms with Crippen molar-refractivity contribution in [3.05, 3.63) is 65.5 Å². The highest BCUT2D eigenvalue weighted by Gasteiger charge is 2.14. The Labute approximate surface area is 145 Å². The van der Waals surface area contributed by atoms with Gasteiger partial charge in [-0.25, -0.2) is 4.79 Å². The molecule has 0 spiro atoms. The second-order valence-corrected chi connectivity index (χ2v) is 7.16. The fraction of sp³-hybridized carbons (Fsp3) is 0.190. The topological polar surface area (TPSA) is 53.1 Å². The number of aliphatic carboxylic acids is 1. The summed E-state index contributed by atoms with van der Waals surface area (Å²) in [7, 11) is 0. The predicted octanol–water partition coefficient (Wildman–Crippen LogP) is 5.53. The zero-order valence-corrected chi connectivity index (χ0v) is 14.4. The molecule has 0 aliphatic carbocycles. The standard InChI is InChI=1S/C21H20FNO2/c1-21(2,3)16-6-4-5-14(11-16)19-12-15-9-13(7-8-18(15)23-19)10-17(22)20(24)25/h4-12,23H,1-3H3,(H,24,25)/b17-10-. The molecule has 0 aliphatic heterocycles.